The summed E-state index contributed by atoms with van der Waals surface area (Å²) in [4.78, 5) is 37.0. The number of rotatable bonds is 45. The molecule has 0 amide bonds. The Balaban J connectivity index is 2.31. The number of carbonyl (C=O) groups is 3. The Bertz CT molecular complexity index is 1400. The number of unbranched alkanes of at least 4 members (excludes halogenated alkanes) is 22. The minimum Gasteiger partial charge on any atom is -0.479 e. The Labute approximate surface area is 412 Å². The largest absolute Gasteiger partial charge is 0.479 e. The summed E-state index contributed by atoms with van der Waals surface area (Å²) in [6, 6.07) is 0. The van der Waals surface area contributed by atoms with E-state index in [4.69, 9.17) is 18.9 Å². The van der Waals surface area contributed by atoms with E-state index >= 15 is 0 Å². The molecule has 0 saturated carbocycles. The van der Waals surface area contributed by atoms with Crippen molar-refractivity contribution >= 4 is 17.9 Å². The highest BCUT2D eigenvalue weighted by atomic mass is 16.7. The summed E-state index contributed by atoms with van der Waals surface area (Å²) in [5.41, 5.74) is 0. The van der Waals surface area contributed by atoms with E-state index < -0.39 is 61.3 Å². The lowest BCUT2D eigenvalue weighted by atomic mass is 9.99. The predicted molar refractivity (Wildman–Crippen MR) is 275 cm³/mol. The van der Waals surface area contributed by atoms with Gasteiger partial charge in [-0.1, -0.05) is 228 Å². The van der Waals surface area contributed by atoms with Crippen LogP contribution in [0.1, 0.15) is 219 Å². The molecule has 1 saturated heterocycles. The predicted octanol–water partition coefficient (Wildman–Crippen LogP) is 13.2. The van der Waals surface area contributed by atoms with E-state index in [0.717, 1.165) is 57.8 Å². The summed E-state index contributed by atoms with van der Waals surface area (Å²) in [5.74, 6) is -2.55. The molecular weight excluding hydrogens is 861 g/mol. The molecule has 11 nitrogen and oxygen atoms in total. The average molecular weight is 957 g/mol. The molecule has 1 aliphatic rings. The molecule has 1 heterocycles. The fraction of sp³-hybridized carbons (Fsp3) is 0.737. The highest BCUT2D eigenvalue weighted by Crippen LogP contribution is 2.23. The highest BCUT2D eigenvalue weighted by molar-refractivity contribution is 5.73. The molecule has 68 heavy (non-hydrogen) atoms. The molecule has 4 N–H and O–H groups in total. The second kappa shape index (κ2) is 46.1. The number of aliphatic carboxylic acids is 1. The van der Waals surface area contributed by atoms with Crippen LogP contribution in [0.25, 0.3) is 0 Å². The quantitative estimate of drug-likeness (QED) is 0.0260. The Morgan fingerprint density at radius 3 is 1.28 bits per heavy atom. The number of aliphatic hydroxyl groups is 3. The van der Waals surface area contributed by atoms with Gasteiger partial charge in [0.2, 0.25) is 0 Å². The molecule has 1 rings (SSSR count). The fourth-order valence-electron chi connectivity index (χ4n) is 7.91. The first-order valence-corrected chi connectivity index (χ1v) is 27.0. The van der Waals surface area contributed by atoms with Gasteiger partial charge < -0.3 is 39.4 Å². The molecule has 0 aromatic carbocycles. The average Bonchev–Trinajstić information content (AvgIpc) is 3.32. The van der Waals surface area contributed by atoms with Gasteiger partial charge in [0.05, 0.1) is 6.61 Å². The van der Waals surface area contributed by atoms with Crippen LogP contribution < -0.4 is 0 Å². The molecule has 0 aliphatic carbocycles. The maximum atomic E-state index is 12.9. The van der Waals surface area contributed by atoms with Crippen molar-refractivity contribution in [1.29, 1.82) is 0 Å². The summed E-state index contributed by atoms with van der Waals surface area (Å²) < 4.78 is 21.8. The zero-order valence-electron chi connectivity index (χ0n) is 42.6. The van der Waals surface area contributed by atoms with Gasteiger partial charge in [0.15, 0.2) is 18.5 Å². The van der Waals surface area contributed by atoms with Crippen LogP contribution in [0.5, 0.6) is 0 Å². The lowest BCUT2D eigenvalue weighted by molar-refractivity contribution is -0.298. The molecular formula is C57H96O11. The van der Waals surface area contributed by atoms with Gasteiger partial charge in [-0.2, -0.15) is 0 Å². The lowest BCUT2D eigenvalue weighted by Crippen LogP contribution is -2.60. The molecule has 1 fully saturated rings. The topological polar surface area (TPSA) is 169 Å². The monoisotopic (exact) mass is 957 g/mol. The molecule has 390 valence electrons. The van der Waals surface area contributed by atoms with Crippen molar-refractivity contribution < 1.29 is 53.8 Å². The fourth-order valence-corrected chi connectivity index (χ4v) is 7.91. The van der Waals surface area contributed by atoms with Crippen molar-refractivity contribution in [2.75, 3.05) is 13.2 Å². The molecule has 0 aromatic rings. The number of carboxylic acid groups (broad SMARTS) is 1. The minimum atomic E-state index is -1.87. The maximum absolute atomic E-state index is 12.9. The van der Waals surface area contributed by atoms with Crippen LogP contribution in [0.15, 0.2) is 72.9 Å². The Morgan fingerprint density at radius 1 is 0.471 bits per heavy atom. The number of carbonyl (C=O) groups excluding carboxylic acids is 2. The van der Waals surface area contributed by atoms with E-state index in [-0.39, 0.29) is 19.4 Å². The van der Waals surface area contributed by atoms with E-state index in [9.17, 15) is 34.8 Å². The van der Waals surface area contributed by atoms with Crippen molar-refractivity contribution in [2.24, 2.45) is 0 Å². The molecule has 6 atom stereocenters. The van der Waals surface area contributed by atoms with Crippen LogP contribution in [-0.2, 0) is 33.3 Å². The minimum absolute atomic E-state index is 0.109. The number of allylic oxidation sites excluding steroid dienone is 12. The van der Waals surface area contributed by atoms with Crippen molar-refractivity contribution in [2.45, 2.75) is 256 Å². The van der Waals surface area contributed by atoms with Crippen LogP contribution in [0.2, 0.25) is 0 Å². The molecule has 0 bridgehead atoms. The summed E-state index contributed by atoms with van der Waals surface area (Å²) in [5, 5.41) is 40.0. The van der Waals surface area contributed by atoms with Crippen LogP contribution in [0.3, 0.4) is 0 Å². The summed E-state index contributed by atoms with van der Waals surface area (Å²) >= 11 is 0. The lowest BCUT2D eigenvalue weighted by Gasteiger charge is -2.38. The van der Waals surface area contributed by atoms with Crippen LogP contribution in [0, 0.1) is 0 Å². The van der Waals surface area contributed by atoms with Crippen molar-refractivity contribution in [3.8, 4) is 0 Å². The third-order valence-corrected chi connectivity index (χ3v) is 12.1. The molecule has 0 radical (unpaired) electrons. The molecule has 0 spiro atoms. The number of esters is 2. The van der Waals surface area contributed by atoms with Crippen LogP contribution in [-0.4, -0.2) is 88.4 Å². The maximum Gasteiger partial charge on any atom is 0.335 e. The Hall–Kier alpha value is -3.35. The number of ether oxygens (including phenoxy) is 4. The standard InChI is InChI=1S/C57H96O11/c1-3-5-7-9-11-13-15-17-19-21-23-24-25-26-28-30-32-34-36-38-40-42-44-46-51(59)67-49(48-66-57-54(62)52(60)53(61)55(68-57)56(63)64)47-65-50(58)45-43-41-39-37-35-33-31-29-27-22-20-18-16-14-12-10-8-6-4-2/h6,8,12,14,18,20,27,29,33,35,39,41,49,52-55,57,60-62H,3-5,7,9-11,13,15-17,19,21-26,28,30-32,34,36-38,40,42-48H2,1-2H3,(H,63,64)/b8-6-,14-12-,20-18-,29-27-,35-33-,41-39-. The Kier molecular flexibility index (Phi) is 42.4. The van der Waals surface area contributed by atoms with E-state index in [1.807, 2.05) is 12.2 Å². The van der Waals surface area contributed by atoms with Gasteiger partial charge in [-0.15, -0.1) is 0 Å². The van der Waals surface area contributed by atoms with Gasteiger partial charge in [-0.3, -0.25) is 9.59 Å². The van der Waals surface area contributed by atoms with Gasteiger partial charge in [0, 0.05) is 12.8 Å². The third kappa shape index (κ3) is 36.6. The first kappa shape index (κ1) is 62.7. The number of carboxylic acids is 1. The number of aliphatic hydroxyl groups excluding tert-OH is 3. The van der Waals surface area contributed by atoms with Crippen molar-refractivity contribution in [1.82, 2.24) is 0 Å². The molecule has 6 unspecified atom stereocenters. The first-order chi connectivity index (χ1) is 33.2. The van der Waals surface area contributed by atoms with E-state index in [1.165, 1.54) is 122 Å². The Morgan fingerprint density at radius 2 is 0.868 bits per heavy atom. The normalized spacial score (nSPS) is 19.5. The molecule has 11 heteroatoms. The zero-order chi connectivity index (χ0) is 49.6. The number of hydrogen-bond acceptors (Lipinski definition) is 10. The third-order valence-electron chi connectivity index (χ3n) is 12.1. The van der Waals surface area contributed by atoms with Crippen LogP contribution in [0.4, 0.5) is 0 Å². The first-order valence-electron chi connectivity index (χ1n) is 27.0. The summed E-state index contributed by atoms with van der Waals surface area (Å²) in [7, 11) is 0. The van der Waals surface area contributed by atoms with Crippen molar-refractivity contribution in [3.05, 3.63) is 72.9 Å². The molecule has 0 aromatic heterocycles. The summed E-state index contributed by atoms with van der Waals surface area (Å²) in [6.07, 6.45) is 51.1. The smallest absolute Gasteiger partial charge is 0.335 e. The van der Waals surface area contributed by atoms with E-state index in [2.05, 4.69) is 74.6 Å². The second-order valence-electron chi connectivity index (χ2n) is 18.3. The number of hydrogen-bond donors (Lipinski definition) is 4. The van der Waals surface area contributed by atoms with Crippen molar-refractivity contribution in [3.63, 3.8) is 0 Å². The SMILES string of the molecule is CC/C=C\C/C=C\C/C=C\C/C=C\C/C=C\C/C=C\CCC(=O)OCC(COC1OC(C(=O)O)C(O)C(O)C1O)OC(=O)CCCCCCCCCCCCCCCCCCCCCCCCC. The van der Waals surface area contributed by atoms with Gasteiger partial charge in [0.25, 0.3) is 0 Å². The van der Waals surface area contributed by atoms with Crippen LogP contribution >= 0.6 is 0 Å². The summed E-state index contributed by atoms with van der Waals surface area (Å²) in [6.45, 7) is 3.67. The second-order valence-corrected chi connectivity index (χ2v) is 18.3. The van der Waals surface area contributed by atoms with Gasteiger partial charge >= 0.3 is 17.9 Å². The van der Waals surface area contributed by atoms with Gasteiger partial charge in [0.1, 0.15) is 24.9 Å². The zero-order valence-corrected chi connectivity index (χ0v) is 42.6. The van der Waals surface area contributed by atoms with Gasteiger partial charge in [-0.05, 0) is 51.4 Å². The van der Waals surface area contributed by atoms with Gasteiger partial charge in [-0.25, -0.2) is 4.79 Å². The van der Waals surface area contributed by atoms with E-state index in [1.54, 1.807) is 0 Å². The highest BCUT2D eigenvalue weighted by Gasteiger charge is 2.47. The molecule has 1 aliphatic heterocycles. The van der Waals surface area contributed by atoms with E-state index in [0.29, 0.717) is 12.8 Å².